The summed E-state index contributed by atoms with van der Waals surface area (Å²) < 4.78 is 32.5. The normalized spacial score (nSPS) is 10.9. The molecule has 90 valence electrons. The van der Waals surface area contributed by atoms with Crippen LogP contribution in [0.1, 0.15) is 45.1 Å². The first-order chi connectivity index (χ1) is 7.57. The average Bonchev–Trinajstić information content (AvgIpc) is 2.21. The van der Waals surface area contributed by atoms with E-state index in [4.69, 9.17) is 4.74 Å². The van der Waals surface area contributed by atoms with Crippen LogP contribution in [0, 0.1) is 11.6 Å². The third-order valence-electron chi connectivity index (χ3n) is 2.42. The highest BCUT2D eigenvalue weighted by atomic mass is 19.1. The summed E-state index contributed by atoms with van der Waals surface area (Å²) in [5, 5.41) is 0. The minimum Gasteiger partial charge on any atom is -0.491 e. The van der Waals surface area contributed by atoms with Crippen LogP contribution in [0.2, 0.25) is 0 Å². The predicted molar refractivity (Wildman–Crippen MR) is 60.9 cm³/mol. The zero-order valence-corrected chi connectivity index (χ0v) is 10.0. The van der Waals surface area contributed by atoms with Crippen molar-refractivity contribution in [3.8, 4) is 5.75 Å². The smallest absolute Gasteiger partial charge is 0.171 e. The van der Waals surface area contributed by atoms with E-state index in [1.165, 1.54) is 12.1 Å². The fraction of sp³-hybridized carbons (Fsp3) is 0.538. The van der Waals surface area contributed by atoms with Crippen LogP contribution in [0.15, 0.2) is 12.1 Å². The Morgan fingerprint density at radius 3 is 2.50 bits per heavy atom. The highest BCUT2D eigenvalue weighted by Gasteiger charge is 2.17. The van der Waals surface area contributed by atoms with E-state index in [0.717, 1.165) is 12.8 Å². The fourth-order valence-corrected chi connectivity index (χ4v) is 1.52. The van der Waals surface area contributed by atoms with E-state index < -0.39 is 11.6 Å². The van der Waals surface area contributed by atoms with Crippen molar-refractivity contribution in [3.63, 3.8) is 0 Å². The quantitative estimate of drug-likeness (QED) is 0.684. The molecule has 0 spiro atoms. The van der Waals surface area contributed by atoms with Gasteiger partial charge in [0.05, 0.1) is 6.61 Å². The van der Waals surface area contributed by atoms with Gasteiger partial charge in [0, 0.05) is 5.56 Å². The molecular weight excluding hydrogens is 210 g/mol. The van der Waals surface area contributed by atoms with Crippen molar-refractivity contribution in [2.75, 3.05) is 6.61 Å². The third kappa shape index (κ3) is 2.94. The van der Waals surface area contributed by atoms with Gasteiger partial charge in [-0.25, -0.2) is 8.78 Å². The first-order valence-electron chi connectivity index (χ1n) is 5.68. The number of hydrogen-bond acceptors (Lipinski definition) is 1. The highest BCUT2D eigenvalue weighted by Crippen LogP contribution is 2.28. The van der Waals surface area contributed by atoms with Crippen molar-refractivity contribution in [2.45, 2.75) is 39.5 Å². The van der Waals surface area contributed by atoms with Crippen LogP contribution in [0.4, 0.5) is 8.78 Å². The molecule has 0 radical (unpaired) electrons. The summed E-state index contributed by atoms with van der Waals surface area (Å²) in [5.74, 6) is -1.10. The summed E-state index contributed by atoms with van der Waals surface area (Å²) in [6.45, 7) is 6.02. The van der Waals surface area contributed by atoms with Crippen LogP contribution in [0.3, 0.4) is 0 Å². The van der Waals surface area contributed by atoms with Crippen LogP contribution in [0.5, 0.6) is 5.75 Å². The molecule has 0 saturated heterocycles. The second kappa shape index (κ2) is 5.83. The first kappa shape index (κ1) is 12.9. The molecule has 0 saturated carbocycles. The standard InChI is InChI=1S/C13H18F2O/c1-4-5-8-16-11-7-6-10(14)12(9(2)3)13(11)15/h6-7,9H,4-5,8H2,1-3H3. The van der Waals surface area contributed by atoms with Crippen molar-refractivity contribution in [1.29, 1.82) is 0 Å². The van der Waals surface area contributed by atoms with Gasteiger partial charge in [-0.1, -0.05) is 27.2 Å². The molecule has 0 amide bonds. The van der Waals surface area contributed by atoms with Gasteiger partial charge in [-0.05, 0) is 24.5 Å². The zero-order valence-electron chi connectivity index (χ0n) is 10.0. The van der Waals surface area contributed by atoms with Crippen molar-refractivity contribution in [2.24, 2.45) is 0 Å². The average molecular weight is 228 g/mol. The molecule has 1 nitrogen and oxygen atoms in total. The van der Waals surface area contributed by atoms with Gasteiger partial charge in [-0.2, -0.15) is 0 Å². The van der Waals surface area contributed by atoms with E-state index in [1.54, 1.807) is 13.8 Å². The van der Waals surface area contributed by atoms with Gasteiger partial charge >= 0.3 is 0 Å². The summed E-state index contributed by atoms with van der Waals surface area (Å²) in [6.07, 6.45) is 1.85. The summed E-state index contributed by atoms with van der Waals surface area (Å²) in [5.41, 5.74) is 0.106. The number of unbranched alkanes of at least 4 members (excludes halogenated alkanes) is 1. The maximum atomic E-state index is 13.8. The molecule has 16 heavy (non-hydrogen) atoms. The van der Waals surface area contributed by atoms with Crippen LogP contribution in [-0.2, 0) is 0 Å². The Balaban J connectivity index is 2.90. The second-order valence-corrected chi connectivity index (χ2v) is 4.13. The lowest BCUT2D eigenvalue weighted by Crippen LogP contribution is -2.04. The van der Waals surface area contributed by atoms with Crippen LogP contribution in [-0.4, -0.2) is 6.61 Å². The molecule has 3 heteroatoms. The van der Waals surface area contributed by atoms with E-state index in [2.05, 4.69) is 0 Å². The lowest BCUT2D eigenvalue weighted by atomic mass is 10.0. The van der Waals surface area contributed by atoms with Crippen molar-refractivity contribution in [1.82, 2.24) is 0 Å². The number of ether oxygens (including phenoxy) is 1. The van der Waals surface area contributed by atoms with E-state index in [0.29, 0.717) is 6.61 Å². The van der Waals surface area contributed by atoms with Gasteiger partial charge in [0.25, 0.3) is 0 Å². The maximum absolute atomic E-state index is 13.8. The molecule has 0 bridgehead atoms. The Morgan fingerprint density at radius 1 is 1.25 bits per heavy atom. The highest BCUT2D eigenvalue weighted by molar-refractivity contribution is 5.34. The molecule has 1 aromatic carbocycles. The van der Waals surface area contributed by atoms with E-state index in [1.807, 2.05) is 6.92 Å². The Kier molecular flexibility index (Phi) is 4.71. The maximum Gasteiger partial charge on any atom is 0.171 e. The third-order valence-corrected chi connectivity index (χ3v) is 2.42. The van der Waals surface area contributed by atoms with Crippen LogP contribution < -0.4 is 4.74 Å². The Bertz CT molecular complexity index is 348. The van der Waals surface area contributed by atoms with Gasteiger partial charge in [0.15, 0.2) is 11.6 Å². The molecule has 0 fully saturated rings. The topological polar surface area (TPSA) is 9.23 Å². The van der Waals surface area contributed by atoms with Crippen molar-refractivity contribution >= 4 is 0 Å². The van der Waals surface area contributed by atoms with Gasteiger partial charge in [0.1, 0.15) is 5.82 Å². The molecule has 0 aliphatic carbocycles. The number of halogens is 2. The van der Waals surface area contributed by atoms with Crippen molar-refractivity contribution in [3.05, 3.63) is 29.3 Å². The fourth-order valence-electron chi connectivity index (χ4n) is 1.52. The van der Waals surface area contributed by atoms with E-state index in [9.17, 15) is 8.78 Å². The molecule has 1 aromatic rings. The molecule has 1 rings (SSSR count). The Hall–Kier alpha value is -1.12. The predicted octanol–water partition coefficient (Wildman–Crippen LogP) is 4.27. The summed E-state index contributed by atoms with van der Waals surface area (Å²) >= 11 is 0. The molecule has 0 heterocycles. The number of benzene rings is 1. The zero-order chi connectivity index (χ0) is 12.1. The molecule has 0 aliphatic rings. The Morgan fingerprint density at radius 2 is 1.94 bits per heavy atom. The molecule has 0 aliphatic heterocycles. The number of hydrogen-bond donors (Lipinski definition) is 0. The second-order valence-electron chi connectivity index (χ2n) is 4.13. The molecular formula is C13H18F2O. The summed E-state index contributed by atoms with van der Waals surface area (Å²) in [7, 11) is 0. The molecule has 0 unspecified atom stereocenters. The van der Waals surface area contributed by atoms with Gasteiger partial charge < -0.3 is 4.74 Å². The minimum atomic E-state index is -0.564. The molecule has 0 N–H and O–H groups in total. The SMILES string of the molecule is CCCCOc1ccc(F)c(C(C)C)c1F. The molecule has 0 atom stereocenters. The minimum absolute atomic E-state index is 0.106. The van der Waals surface area contributed by atoms with E-state index in [-0.39, 0.29) is 17.2 Å². The summed E-state index contributed by atoms with van der Waals surface area (Å²) in [6, 6.07) is 2.62. The van der Waals surface area contributed by atoms with Gasteiger partial charge in [-0.15, -0.1) is 0 Å². The molecule has 0 aromatic heterocycles. The monoisotopic (exact) mass is 228 g/mol. The van der Waals surface area contributed by atoms with Gasteiger partial charge in [0.2, 0.25) is 0 Å². The van der Waals surface area contributed by atoms with Crippen LogP contribution >= 0.6 is 0 Å². The summed E-state index contributed by atoms with van der Waals surface area (Å²) in [4.78, 5) is 0. The van der Waals surface area contributed by atoms with Crippen molar-refractivity contribution < 1.29 is 13.5 Å². The van der Waals surface area contributed by atoms with E-state index >= 15 is 0 Å². The van der Waals surface area contributed by atoms with Gasteiger partial charge in [-0.3, -0.25) is 0 Å². The largest absolute Gasteiger partial charge is 0.491 e. The first-order valence-corrected chi connectivity index (χ1v) is 5.68. The number of rotatable bonds is 5. The van der Waals surface area contributed by atoms with Crippen LogP contribution in [0.25, 0.3) is 0 Å². The lowest BCUT2D eigenvalue weighted by molar-refractivity contribution is 0.291. The Labute approximate surface area is 95.4 Å². The lowest BCUT2D eigenvalue weighted by Gasteiger charge is -2.13.